The summed E-state index contributed by atoms with van der Waals surface area (Å²) in [5, 5.41) is 0. The average Bonchev–Trinajstić information content (AvgIpc) is 2.83. The van der Waals surface area contributed by atoms with Crippen LogP contribution in [0, 0.1) is 6.92 Å². The van der Waals surface area contributed by atoms with Crippen molar-refractivity contribution in [3.8, 4) is 20.9 Å². The third-order valence-corrected chi connectivity index (χ3v) is 4.12. The minimum Gasteiger partial charge on any atom is -0.264 e. The lowest BCUT2D eigenvalue weighted by molar-refractivity contribution is 1.33. The first-order chi connectivity index (χ1) is 8.84. The van der Waals surface area contributed by atoms with Crippen LogP contribution in [0.3, 0.4) is 0 Å². The van der Waals surface area contributed by atoms with Crippen molar-refractivity contribution in [1.82, 2.24) is 9.97 Å². The van der Waals surface area contributed by atoms with Gasteiger partial charge in [0.1, 0.15) is 0 Å². The predicted molar refractivity (Wildman–Crippen MR) is 75.5 cm³/mol. The fourth-order valence-corrected chi connectivity index (χ4v) is 3.07. The van der Waals surface area contributed by atoms with Crippen molar-refractivity contribution in [3.05, 3.63) is 60.7 Å². The fraction of sp³-hybridized carbons (Fsp3) is 0.0667. The van der Waals surface area contributed by atoms with E-state index < -0.39 is 0 Å². The van der Waals surface area contributed by atoms with Crippen LogP contribution < -0.4 is 0 Å². The quantitative estimate of drug-likeness (QED) is 0.683. The van der Waals surface area contributed by atoms with Crippen molar-refractivity contribution in [2.75, 3.05) is 0 Å². The number of rotatable bonds is 2. The van der Waals surface area contributed by atoms with E-state index in [0.717, 1.165) is 0 Å². The summed E-state index contributed by atoms with van der Waals surface area (Å²) < 4.78 is 0. The van der Waals surface area contributed by atoms with Gasteiger partial charge >= 0.3 is 0 Å². The summed E-state index contributed by atoms with van der Waals surface area (Å²) in [6, 6.07) is 10.3. The number of hydrogen-bond donors (Lipinski definition) is 0. The van der Waals surface area contributed by atoms with Crippen LogP contribution in [0.25, 0.3) is 20.9 Å². The molecule has 0 aliphatic carbocycles. The molecule has 0 unspecified atom stereocenters. The molecule has 0 saturated carbocycles. The van der Waals surface area contributed by atoms with Gasteiger partial charge in [-0.05, 0) is 30.7 Å². The molecule has 0 amide bonds. The molecule has 0 aromatic carbocycles. The minimum atomic E-state index is 1.17. The Hall–Kier alpha value is -2.00. The lowest BCUT2D eigenvalue weighted by Gasteiger charge is -1.97. The third kappa shape index (κ3) is 2.05. The van der Waals surface area contributed by atoms with E-state index in [4.69, 9.17) is 0 Å². The van der Waals surface area contributed by atoms with Crippen LogP contribution in [0.15, 0.2) is 55.1 Å². The normalized spacial score (nSPS) is 10.5. The van der Waals surface area contributed by atoms with E-state index in [2.05, 4.69) is 35.1 Å². The molecule has 3 aromatic heterocycles. The standard InChI is InChI=1S/C15H12N2S/c1-11-8-14(12-4-2-6-16-9-12)18-15(11)13-5-3-7-17-10-13/h2-10H,1H3. The maximum absolute atomic E-state index is 4.18. The number of thiophene rings is 1. The number of aryl methyl sites for hydroxylation is 1. The Morgan fingerprint density at radius 3 is 2.22 bits per heavy atom. The monoisotopic (exact) mass is 252 g/mol. The van der Waals surface area contributed by atoms with E-state index >= 15 is 0 Å². The first-order valence-corrected chi connectivity index (χ1v) is 6.57. The molecule has 0 spiro atoms. The van der Waals surface area contributed by atoms with Crippen molar-refractivity contribution >= 4 is 11.3 Å². The van der Waals surface area contributed by atoms with Gasteiger partial charge in [0.2, 0.25) is 0 Å². The van der Waals surface area contributed by atoms with Gasteiger partial charge in [-0.3, -0.25) is 9.97 Å². The molecule has 3 heterocycles. The summed E-state index contributed by atoms with van der Waals surface area (Å²) in [6.45, 7) is 2.14. The van der Waals surface area contributed by atoms with Crippen LogP contribution in [0.1, 0.15) is 5.56 Å². The summed E-state index contributed by atoms with van der Waals surface area (Å²) in [5.74, 6) is 0. The zero-order chi connectivity index (χ0) is 12.4. The Kier molecular flexibility index (Phi) is 2.90. The van der Waals surface area contributed by atoms with Crippen LogP contribution >= 0.6 is 11.3 Å². The van der Waals surface area contributed by atoms with Gasteiger partial charge in [0.25, 0.3) is 0 Å². The fourth-order valence-electron chi connectivity index (χ4n) is 1.92. The van der Waals surface area contributed by atoms with Crippen molar-refractivity contribution < 1.29 is 0 Å². The van der Waals surface area contributed by atoms with Crippen LogP contribution in [0.4, 0.5) is 0 Å². The molecule has 88 valence electrons. The van der Waals surface area contributed by atoms with Gasteiger partial charge in [0.05, 0.1) is 0 Å². The second-order valence-corrected chi connectivity index (χ2v) is 5.16. The molecule has 0 aliphatic rings. The van der Waals surface area contributed by atoms with E-state index in [1.807, 2.05) is 24.5 Å². The van der Waals surface area contributed by atoms with Crippen molar-refractivity contribution in [2.24, 2.45) is 0 Å². The first kappa shape index (κ1) is 11.1. The van der Waals surface area contributed by atoms with Crippen molar-refractivity contribution in [2.45, 2.75) is 6.92 Å². The van der Waals surface area contributed by atoms with Crippen molar-refractivity contribution in [3.63, 3.8) is 0 Å². The van der Waals surface area contributed by atoms with E-state index in [1.54, 1.807) is 23.7 Å². The highest BCUT2D eigenvalue weighted by Crippen LogP contribution is 2.37. The molecule has 3 heteroatoms. The zero-order valence-electron chi connectivity index (χ0n) is 10.00. The molecule has 0 radical (unpaired) electrons. The second kappa shape index (κ2) is 4.70. The molecule has 0 atom stereocenters. The molecule has 0 N–H and O–H groups in total. The highest BCUT2D eigenvalue weighted by molar-refractivity contribution is 7.19. The SMILES string of the molecule is Cc1cc(-c2cccnc2)sc1-c1cccnc1. The molecule has 0 saturated heterocycles. The minimum absolute atomic E-state index is 1.17. The van der Waals surface area contributed by atoms with E-state index in [1.165, 1.54) is 26.4 Å². The van der Waals surface area contributed by atoms with E-state index in [-0.39, 0.29) is 0 Å². The largest absolute Gasteiger partial charge is 0.264 e. The molecule has 0 aliphatic heterocycles. The van der Waals surface area contributed by atoms with Crippen LogP contribution in [0.5, 0.6) is 0 Å². The maximum Gasteiger partial charge on any atom is 0.0394 e. The molecular formula is C15H12N2S. The first-order valence-electron chi connectivity index (χ1n) is 5.76. The highest BCUT2D eigenvalue weighted by Gasteiger charge is 2.09. The molecule has 0 fully saturated rings. The molecule has 0 bridgehead atoms. The van der Waals surface area contributed by atoms with Gasteiger partial charge in [-0.2, -0.15) is 0 Å². The van der Waals surface area contributed by atoms with Crippen LogP contribution in [-0.2, 0) is 0 Å². The van der Waals surface area contributed by atoms with Crippen LogP contribution in [-0.4, -0.2) is 9.97 Å². The predicted octanol–water partition coefficient (Wildman–Crippen LogP) is 4.18. The zero-order valence-corrected chi connectivity index (χ0v) is 10.8. The summed E-state index contributed by atoms with van der Waals surface area (Å²) in [7, 11) is 0. The van der Waals surface area contributed by atoms with Gasteiger partial charge in [0.15, 0.2) is 0 Å². The lowest BCUT2D eigenvalue weighted by atomic mass is 10.1. The van der Waals surface area contributed by atoms with E-state index in [0.29, 0.717) is 0 Å². The van der Waals surface area contributed by atoms with Crippen LogP contribution in [0.2, 0.25) is 0 Å². The average molecular weight is 252 g/mol. The second-order valence-electron chi connectivity index (χ2n) is 4.11. The van der Waals surface area contributed by atoms with Crippen molar-refractivity contribution in [1.29, 1.82) is 0 Å². The number of pyridine rings is 2. The van der Waals surface area contributed by atoms with E-state index in [9.17, 15) is 0 Å². The lowest BCUT2D eigenvalue weighted by Crippen LogP contribution is -1.76. The molecule has 3 aromatic rings. The maximum atomic E-state index is 4.18. The summed E-state index contributed by atoms with van der Waals surface area (Å²) in [5.41, 5.74) is 3.63. The number of hydrogen-bond acceptors (Lipinski definition) is 3. The number of aromatic nitrogens is 2. The molecular weight excluding hydrogens is 240 g/mol. The van der Waals surface area contributed by atoms with Gasteiger partial charge in [-0.25, -0.2) is 0 Å². The summed E-state index contributed by atoms with van der Waals surface area (Å²) in [6.07, 6.45) is 7.41. The Morgan fingerprint density at radius 1 is 0.944 bits per heavy atom. The Labute approximate surface area is 110 Å². The Balaban J connectivity index is 2.07. The highest BCUT2D eigenvalue weighted by atomic mass is 32.1. The van der Waals surface area contributed by atoms with Gasteiger partial charge in [-0.1, -0.05) is 12.1 Å². The van der Waals surface area contributed by atoms with Gasteiger partial charge < -0.3 is 0 Å². The summed E-state index contributed by atoms with van der Waals surface area (Å²) in [4.78, 5) is 10.9. The molecule has 18 heavy (non-hydrogen) atoms. The molecule has 2 nitrogen and oxygen atoms in total. The smallest absolute Gasteiger partial charge is 0.0394 e. The Bertz CT molecular complexity index is 645. The number of nitrogens with zero attached hydrogens (tertiary/aromatic N) is 2. The summed E-state index contributed by atoms with van der Waals surface area (Å²) >= 11 is 1.79. The van der Waals surface area contributed by atoms with Gasteiger partial charge in [-0.15, -0.1) is 11.3 Å². The third-order valence-electron chi connectivity index (χ3n) is 2.79. The molecule has 3 rings (SSSR count). The Morgan fingerprint density at radius 2 is 1.61 bits per heavy atom. The van der Waals surface area contributed by atoms with Gasteiger partial charge in [0, 0.05) is 45.7 Å². The topological polar surface area (TPSA) is 25.8 Å².